The first-order chi connectivity index (χ1) is 6.75. The van der Waals surface area contributed by atoms with Crippen LogP contribution in [0.15, 0.2) is 18.5 Å². The molecule has 1 aromatic rings. The number of aromatic nitrogens is 1. The molecule has 1 N–H and O–H groups in total. The minimum absolute atomic E-state index is 0.0589. The van der Waals surface area contributed by atoms with Crippen molar-refractivity contribution in [1.82, 2.24) is 4.98 Å². The zero-order valence-corrected chi connectivity index (χ0v) is 7.77. The summed E-state index contributed by atoms with van der Waals surface area (Å²) >= 11 is 0. The van der Waals surface area contributed by atoms with Crippen LogP contribution in [0.25, 0.3) is 0 Å². The maximum Gasteiger partial charge on any atom is 0.341 e. The molecule has 1 heterocycles. The van der Waals surface area contributed by atoms with Crippen molar-refractivity contribution in [3.63, 3.8) is 0 Å². The summed E-state index contributed by atoms with van der Waals surface area (Å²) in [5.74, 6) is -0.741. The van der Waals surface area contributed by atoms with E-state index >= 15 is 0 Å². The zero-order valence-electron chi connectivity index (χ0n) is 7.77. The molecule has 5 heteroatoms. The summed E-state index contributed by atoms with van der Waals surface area (Å²) in [4.78, 5) is 14.4. The summed E-state index contributed by atoms with van der Waals surface area (Å²) < 4.78 is 9.97. The lowest BCUT2D eigenvalue weighted by Crippen LogP contribution is -2.08. The first kappa shape index (κ1) is 10.5. The first-order valence-electron chi connectivity index (χ1n) is 4.04. The summed E-state index contributed by atoms with van der Waals surface area (Å²) in [7, 11) is 1.55. The van der Waals surface area contributed by atoms with Gasteiger partial charge in [0, 0.05) is 19.5 Å². The van der Waals surface area contributed by atoms with E-state index in [1.54, 1.807) is 7.11 Å². The number of carboxylic acids is 1. The number of nitrogens with zero attached hydrogens (tertiary/aromatic N) is 1. The van der Waals surface area contributed by atoms with E-state index in [0.717, 1.165) is 0 Å². The Labute approximate surface area is 81.3 Å². The van der Waals surface area contributed by atoms with Crippen LogP contribution in [0, 0.1) is 0 Å². The maximum absolute atomic E-state index is 10.7. The van der Waals surface area contributed by atoms with Gasteiger partial charge in [-0.2, -0.15) is 0 Å². The fourth-order valence-corrected chi connectivity index (χ4v) is 0.903. The highest BCUT2D eigenvalue weighted by Gasteiger charge is 2.10. The third-order valence-electron chi connectivity index (χ3n) is 1.56. The number of pyridine rings is 1. The van der Waals surface area contributed by atoms with Crippen LogP contribution in [-0.4, -0.2) is 36.4 Å². The van der Waals surface area contributed by atoms with Crippen LogP contribution in [0.3, 0.4) is 0 Å². The van der Waals surface area contributed by atoms with E-state index in [1.807, 2.05) is 0 Å². The highest BCUT2D eigenvalue weighted by atomic mass is 16.5. The number of hydrogen-bond acceptors (Lipinski definition) is 4. The van der Waals surface area contributed by atoms with Gasteiger partial charge in [0.2, 0.25) is 0 Å². The molecule has 0 unspecified atom stereocenters. The van der Waals surface area contributed by atoms with Crippen molar-refractivity contribution < 1.29 is 19.4 Å². The van der Waals surface area contributed by atoms with Crippen molar-refractivity contribution in [2.75, 3.05) is 20.3 Å². The fourth-order valence-electron chi connectivity index (χ4n) is 0.903. The van der Waals surface area contributed by atoms with E-state index < -0.39 is 5.97 Å². The van der Waals surface area contributed by atoms with Crippen LogP contribution < -0.4 is 4.74 Å². The Morgan fingerprint density at radius 1 is 1.57 bits per heavy atom. The number of carboxylic acid groups (broad SMARTS) is 1. The monoisotopic (exact) mass is 197 g/mol. The molecule has 0 bridgehead atoms. The van der Waals surface area contributed by atoms with Crippen LogP contribution in [0.2, 0.25) is 0 Å². The SMILES string of the molecule is COCCOc1ccncc1C(=O)O. The number of rotatable bonds is 5. The Hall–Kier alpha value is -1.62. The van der Waals surface area contributed by atoms with Crippen molar-refractivity contribution in [3.05, 3.63) is 24.0 Å². The van der Waals surface area contributed by atoms with Gasteiger partial charge in [-0.25, -0.2) is 4.79 Å². The second kappa shape index (κ2) is 5.18. The second-order valence-electron chi connectivity index (χ2n) is 2.52. The largest absolute Gasteiger partial charge is 0.490 e. The zero-order chi connectivity index (χ0) is 10.4. The molecule has 0 saturated carbocycles. The molecule has 0 aromatic carbocycles. The molecule has 0 fully saturated rings. The molecule has 0 saturated heterocycles. The summed E-state index contributed by atoms with van der Waals surface area (Å²) in [6.07, 6.45) is 2.74. The summed E-state index contributed by atoms with van der Waals surface area (Å²) in [6.45, 7) is 0.738. The average Bonchev–Trinajstić information content (AvgIpc) is 2.19. The normalized spacial score (nSPS) is 9.79. The van der Waals surface area contributed by atoms with Crippen molar-refractivity contribution in [2.24, 2.45) is 0 Å². The average molecular weight is 197 g/mol. The highest BCUT2D eigenvalue weighted by molar-refractivity contribution is 5.90. The maximum atomic E-state index is 10.7. The Balaban J connectivity index is 2.69. The quantitative estimate of drug-likeness (QED) is 0.707. The number of carbonyl (C=O) groups is 1. The second-order valence-corrected chi connectivity index (χ2v) is 2.52. The summed E-state index contributed by atoms with van der Waals surface area (Å²) in [5, 5.41) is 8.77. The van der Waals surface area contributed by atoms with E-state index in [-0.39, 0.29) is 5.56 Å². The molecular weight excluding hydrogens is 186 g/mol. The molecule has 14 heavy (non-hydrogen) atoms. The highest BCUT2D eigenvalue weighted by Crippen LogP contribution is 2.15. The molecule has 1 rings (SSSR count). The van der Waals surface area contributed by atoms with Crippen LogP contribution >= 0.6 is 0 Å². The van der Waals surface area contributed by atoms with E-state index in [9.17, 15) is 4.79 Å². The molecule has 5 nitrogen and oxygen atoms in total. The van der Waals surface area contributed by atoms with Gasteiger partial charge in [0.05, 0.1) is 6.61 Å². The van der Waals surface area contributed by atoms with E-state index in [0.29, 0.717) is 19.0 Å². The molecule has 1 aromatic heterocycles. The minimum atomic E-state index is -1.05. The Morgan fingerprint density at radius 3 is 3.00 bits per heavy atom. The van der Waals surface area contributed by atoms with Crippen LogP contribution in [0.5, 0.6) is 5.75 Å². The third kappa shape index (κ3) is 2.70. The van der Waals surface area contributed by atoms with E-state index in [4.69, 9.17) is 14.6 Å². The predicted molar refractivity (Wildman–Crippen MR) is 48.6 cm³/mol. The third-order valence-corrected chi connectivity index (χ3v) is 1.56. The number of aromatic carboxylic acids is 1. The van der Waals surface area contributed by atoms with Crippen LogP contribution in [-0.2, 0) is 4.74 Å². The van der Waals surface area contributed by atoms with Crippen molar-refractivity contribution in [1.29, 1.82) is 0 Å². The van der Waals surface area contributed by atoms with Gasteiger partial charge in [0.25, 0.3) is 0 Å². The molecule has 0 spiro atoms. The molecule has 0 aliphatic carbocycles. The van der Waals surface area contributed by atoms with Gasteiger partial charge in [-0.05, 0) is 6.07 Å². The minimum Gasteiger partial charge on any atom is -0.490 e. The Bertz CT molecular complexity index is 313. The van der Waals surface area contributed by atoms with Gasteiger partial charge in [-0.3, -0.25) is 4.98 Å². The van der Waals surface area contributed by atoms with E-state index in [2.05, 4.69) is 4.98 Å². The lowest BCUT2D eigenvalue weighted by Gasteiger charge is -2.07. The van der Waals surface area contributed by atoms with Crippen molar-refractivity contribution >= 4 is 5.97 Å². The van der Waals surface area contributed by atoms with Gasteiger partial charge in [0.1, 0.15) is 17.9 Å². The molecule has 76 valence electrons. The fraction of sp³-hybridized carbons (Fsp3) is 0.333. The number of methoxy groups -OCH3 is 1. The van der Waals surface area contributed by atoms with Gasteiger partial charge >= 0.3 is 5.97 Å². The Morgan fingerprint density at radius 2 is 2.36 bits per heavy atom. The van der Waals surface area contributed by atoms with Crippen molar-refractivity contribution in [2.45, 2.75) is 0 Å². The number of ether oxygens (including phenoxy) is 2. The molecule has 0 aliphatic rings. The van der Waals surface area contributed by atoms with Crippen LogP contribution in [0.4, 0.5) is 0 Å². The predicted octanol–water partition coefficient (Wildman–Crippen LogP) is 0.805. The topological polar surface area (TPSA) is 68.7 Å². The lowest BCUT2D eigenvalue weighted by atomic mass is 10.2. The smallest absolute Gasteiger partial charge is 0.341 e. The summed E-state index contributed by atoms with van der Waals surface area (Å²) in [6, 6.07) is 1.51. The molecule has 0 aliphatic heterocycles. The lowest BCUT2D eigenvalue weighted by molar-refractivity contribution is 0.0689. The van der Waals surface area contributed by atoms with Gasteiger partial charge < -0.3 is 14.6 Å². The van der Waals surface area contributed by atoms with Crippen molar-refractivity contribution in [3.8, 4) is 5.75 Å². The molecule has 0 radical (unpaired) electrons. The summed E-state index contributed by atoms with van der Waals surface area (Å²) in [5.41, 5.74) is 0.0589. The molecule has 0 amide bonds. The van der Waals surface area contributed by atoms with E-state index in [1.165, 1.54) is 18.5 Å². The van der Waals surface area contributed by atoms with Gasteiger partial charge in [0.15, 0.2) is 0 Å². The Kier molecular flexibility index (Phi) is 3.87. The van der Waals surface area contributed by atoms with Gasteiger partial charge in [-0.1, -0.05) is 0 Å². The van der Waals surface area contributed by atoms with Crippen LogP contribution in [0.1, 0.15) is 10.4 Å². The molecule has 0 atom stereocenters. The first-order valence-corrected chi connectivity index (χ1v) is 4.04. The molecular formula is C9H11NO4. The number of hydrogen-bond donors (Lipinski definition) is 1. The standard InChI is InChI=1S/C9H11NO4/c1-13-4-5-14-8-2-3-10-6-7(8)9(11)12/h2-3,6H,4-5H2,1H3,(H,11,12). The van der Waals surface area contributed by atoms with Gasteiger partial charge in [-0.15, -0.1) is 0 Å².